The van der Waals surface area contributed by atoms with Crippen LogP contribution >= 0.6 is 0 Å². The molecular formula is C20H30N2O. The first-order valence-electron chi connectivity index (χ1n) is 8.91. The molecule has 23 heavy (non-hydrogen) atoms. The van der Waals surface area contributed by atoms with Crippen LogP contribution in [0.5, 0.6) is 0 Å². The molecule has 126 valence electrons. The summed E-state index contributed by atoms with van der Waals surface area (Å²) in [6.07, 6.45) is 6.17. The van der Waals surface area contributed by atoms with Crippen LogP contribution in [0.15, 0.2) is 30.5 Å². The van der Waals surface area contributed by atoms with Crippen molar-refractivity contribution < 1.29 is 4.79 Å². The van der Waals surface area contributed by atoms with Crippen LogP contribution in [0.3, 0.4) is 0 Å². The maximum Gasteiger partial charge on any atom is 0.224 e. The molecule has 2 aromatic rings. The molecule has 2 rings (SSSR count). The van der Waals surface area contributed by atoms with Gasteiger partial charge in [0.2, 0.25) is 5.91 Å². The molecule has 0 aliphatic heterocycles. The highest BCUT2D eigenvalue weighted by molar-refractivity contribution is 5.84. The number of hydrogen-bond donors (Lipinski definition) is 1. The number of carbonyl (C=O) groups excluding carboxylic acids is 1. The van der Waals surface area contributed by atoms with E-state index in [1.807, 2.05) is 0 Å². The predicted octanol–water partition coefficient (Wildman–Crippen LogP) is 4.71. The maximum atomic E-state index is 12.1. The standard InChI is InChI=1S/C20H30N2O/c1-5-7-18(6-2)22-11-10-17-9-8-16(12-19(17)22)13-20(23)21-14-15(3)4/h8-12,15,18H,5-7,13-14H2,1-4H3,(H,21,23). The molecule has 3 heteroatoms. The lowest BCUT2D eigenvalue weighted by atomic mass is 10.1. The highest BCUT2D eigenvalue weighted by Gasteiger charge is 2.12. The van der Waals surface area contributed by atoms with Crippen molar-refractivity contribution in [3.8, 4) is 0 Å². The molecule has 1 amide bonds. The van der Waals surface area contributed by atoms with Gasteiger partial charge in [-0.15, -0.1) is 0 Å². The first-order valence-corrected chi connectivity index (χ1v) is 8.91. The molecule has 0 fully saturated rings. The van der Waals surface area contributed by atoms with E-state index >= 15 is 0 Å². The minimum Gasteiger partial charge on any atom is -0.356 e. The van der Waals surface area contributed by atoms with Gasteiger partial charge in [0, 0.05) is 24.3 Å². The third-order valence-corrected chi connectivity index (χ3v) is 4.35. The van der Waals surface area contributed by atoms with Crippen molar-refractivity contribution in [3.63, 3.8) is 0 Å². The van der Waals surface area contributed by atoms with Crippen molar-refractivity contribution >= 4 is 16.8 Å². The molecule has 0 aliphatic rings. The number of hydrogen-bond acceptors (Lipinski definition) is 1. The largest absolute Gasteiger partial charge is 0.356 e. The summed E-state index contributed by atoms with van der Waals surface area (Å²) in [6, 6.07) is 9.11. The van der Waals surface area contributed by atoms with Gasteiger partial charge in [0.15, 0.2) is 0 Å². The van der Waals surface area contributed by atoms with Crippen LogP contribution in [0.25, 0.3) is 10.9 Å². The van der Waals surface area contributed by atoms with Crippen molar-refractivity contribution in [2.24, 2.45) is 5.92 Å². The van der Waals surface area contributed by atoms with E-state index in [4.69, 9.17) is 0 Å². The smallest absolute Gasteiger partial charge is 0.224 e. The Morgan fingerprint density at radius 3 is 2.65 bits per heavy atom. The Bertz CT molecular complexity index is 642. The predicted molar refractivity (Wildman–Crippen MR) is 97.7 cm³/mol. The van der Waals surface area contributed by atoms with Crippen molar-refractivity contribution in [1.82, 2.24) is 9.88 Å². The minimum atomic E-state index is 0.108. The van der Waals surface area contributed by atoms with Gasteiger partial charge in [0.25, 0.3) is 0 Å². The number of rotatable bonds is 8. The van der Waals surface area contributed by atoms with Gasteiger partial charge in [0.1, 0.15) is 0 Å². The molecule has 0 aliphatic carbocycles. The zero-order chi connectivity index (χ0) is 16.8. The normalized spacial score (nSPS) is 12.7. The molecule has 3 nitrogen and oxygen atoms in total. The number of aromatic nitrogens is 1. The lowest BCUT2D eigenvalue weighted by Gasteiger charge is -2.18. The van der Waals surface area contributed by atoms with Gasteiger partial charge in [-0.3, -0.25) is 4.79 Å². The Labute approximate surface area is 140 Å². The van der Waals surface area contributed by atoms with Gasteiger partial charge in [-0.25, -0.2) is 0 Å². The lowest BCUT2D eigenvalue weighted by molar-refractivity contribution is -0.120. The second-order valence-corrected chi connectivity index (χ2v) is 6.84. The van der Waals surface area contributed by atoms with E-state index in [9.17, 15) is 4.79 Å². The number of carbonyl (C=O) groups is 1. The summed E-state index contributed by atoms with van der Waals surface area (Å²) in [7, 11) is 0. The molecule has 0 spiro atoms. The zero-order valence-corrected chi connectivity index (χ0v) is 14.9. The van der Waals surface area contributed by atoms with E-state index in [0.29, 0.717) is 18.4 Å². The van der Waals surface area contributed by atoms with Crippen LogP contribution in [0.2, 0.25) is 0 Å². The highest BCUT2D eigenvalue weighted by atomic mass is 16.1. The monoisotopic (exact) mass is 314 g/mol. The summed E-state index contributed by atoms with van der Waals surface area (Å²) in [5.41, 5.74) is 2.34. The van der Waals surface area contributed by atoms with Crippen LogP contribution in [0, 0.1) is 5.92 Å². The zero-order valence-electron chi connectivity index (χ0n) is 14.9. The summed E-state index contributed by atoms with van der Waals surface area (Å²) in [5.74, 6) is 0.592. The van der Waals surface area contributed by atoms with Crippen molar-refractivity contribution in [2.75, 3.05) is 6.54 Å². The van der Waals surface area contributed by atoms with Gasteiger partial charge in [0.05, 0.1) is 6.42 Å². The van der Waals surface area contributed by atoms with Crippen LogP contribution in [-0.2, 0) is 11.2 Å². The maximum absolute atomic E-state index is 12.1. The molecule has 1 aromatic carbocycles. The van der Waals surface area contributed by atoms with E-state index in [0.717, 1.165) is 18.5 Å². The summed E-state index contributed by atoms with van der Waals surface area (Å²) in [5, 5.41) is 4.25. The fourth-order valence-electron chi connectivity index (χ4n) is 3.06. The number of fused-ring (bicyclic) bond motifs is 1. The quantitative estimate of drug-likeness (QED) is 0.752. The average molecular weight is 314 g/mol. The number of amides is 1. The SMILES string of the molecule is CCCC(CC)n1ccc2ccc(CC(=O)NCC(C)C)cc21. The Kier molecular flexibility index (Phi) is 6.26. The Morgan fingerprint density at radius 2 is 2.00 bits per heavy atom. The Balaban J connectivity index is 2.18. The Morgan fingerprint density at radius 1 is 1.22 bits per heavy atom. The molecule has 0 bridgehead atoms. The van der Waals surface area contributed by atoms with Gasteiger partial charge in [-0.1, -0.05) is 46.2 Å². The third kappa shape index (κ3) is 4.60. The first kappa shape index (κ1) is 17.6. The molecule has 0 saturated carbocycles. The first-order chi connectivity index (χ1) is 11.0. The summed E-state index contributed by atoms with van der Waals surface area (Å²) in [4.78, 5) is 12.1. The van der Waals surface area contributed by atoms with Crippen LogP contribution in [0.1, 0.15) is 58.6 Å². The number of benzene rings is 1. The molecule has 1 unspecified atom stereocenters. The molecule has 1 heterocycles. The van der Waals surface area contributed by atoms with Gasteiger partial charge in [-0.05, 0) is 41.8 Å². The second-order valence-electron chi connectivity index (χ2n) is 6.84. The van der Waals surface area contributed by atoms with Crippen LogP contribution in [-0.4, -0.2) is 17.0 Å². The summed E-state index contributed by atoms with van der Waals surface area (Å²) in [6.45, 7) is 9.44. The topological polar surface area (TPSA) is 34.0 Å². The minimum absolute atomic E-state index is 0.108. The summed E-state index contributed by atoms with van der Waals surface area (Å²) >= 11 is 0. The van der Waals surface area contributed by atoms with E-state index in [-0.39, 0.29) is 5.91 Å². The molecule has 1 N–H and O–H groups in total. The lowest BCUT2D eigenvalue weighted by Crippen LogP contribution is -2.28. The fraction of sp³-hybridized carbons (Fsp3) is 0.550. The van der Waals surface area contributed by atoms with E-state index in [1.165, 1.54) is 23.7 Å². The highest BCUT2D eigenvalue weighted by Crippen LogP contribution is 2.26. The van der Waals surface area contributed by atoms with E-state index < -0.39 is 0 Å². The number of nitrogens with zero attached hydrogens (tertiary/aromatic N) is 1. The van der Waals surface area contributed by atoms with Crippen LogP contribution in [0.4, 0.5) is 0 Å². The molecule has 0 saturated heterocycles. The fourth-order valence-corrected chi connectivity index (χ4v) is 3.06. The van der Waals surface area contributed by atoms with Crippen molar-refractivity contribution in [1.29, 1.82) is 0 Å². The van der Waals surface area contributed by atoms with E-state index in [1.54, 1.807) is 0 Å². The average Bonchev–Trinajstić information content (AvgIpc) is 2.93. The van der Waals surface area contributed by atoms with Crippen molar-refractivity contribution in [3.05, 3.63) is 36.0 Å². The molecule has 1 aromatic heterocycles. The van der Waals surface area contributed by atoms with Gasteiger partial charge in [-0.2, -0.15) is 0 Å². The van der Waals surface area contributed by atoms with Gasteiger partial charge < -0.3 is 9.88 Å². The summed E-state index contributed by atoms with van der Waals surface area (Å²) < 4.78 is 2.38. The molecular weight excluding hydrogens is 284 g/mol. The number of nitrogens with one attached hydrogen (secondary N) is 1. The van der Waals surface area contributed by atoms with Crippen molar-refractivity contribution in [2.45, 2.75) is 59.4 Å². The third-order valence-electron chi connectivity index (χ3n) is 4.35. The van der Waals surface area contributed by atoms with Crippen LogP contribution < -0.4 is 5.32 Å². The second kappa shape index (κ2) is 8.19. The Hall–Kier alpha value is -1.77. The van der Waals surface area contributed by atoms with E-state index in [2.05, 4.69) is 68.0 Å². The van der Waals surface area contributed by atoms with Gasteiger partial charge >= 0.3 is 0 Å². The molecule has 1 atom stereocenters. The molecule has 0 radical (unpaired) electrons.